The Hall–Kier alpha value is -2.93. The first-order valence-electron chi connectivity index (χ1n) is 8.84. The number of aryl methyl sites for hydroxylation is 1. The number of nitrogens with one attached hydrogen (secondary N) is 2. The van der Waals surface area contributed by atoms with Gasteiger partial charge in [-0.2, -0.15) is 0 Å². The van der Waals surface area contributed by atoms with Crippen LogP contribution in [0.25, 0.3) is 0 Å². The van der Waals surface area contributed by atoms with E-state index < -0.39 is 17.8 Å². The highest BCUT2D eigenvalue weighted by Crippen LogP contribution is 2.28. The summed E-state index contributed by atoms with van der Waals surface area (Å²) >= 11 is 6.08. The van der Waals surface area contributed by atoms with Gasteiger partial charge in [-0.1, -0.05) is 17.7 Å². The van der Waals surface area contributed by atoms with Crippen molar-refractivity contribution in [2.75, 3.05) is 19.0 Å². The average molecular weight is 402 g/mol. The molecule has 1 fully saturated rings. The van der Waals surface area contributed by atoms with Gasteiger partial charge in [-0.15, -0.1) is 0 Å². The summed E-state index contributed by atoms with van der Waals surface area (Å²) in [4.78, 5) is 41.6. The highest BCUT2D eigenvalue weighted by Gasteiger charge is 2.25. The van der Waals surface area contributed by atoms with Gasteiger partial charge in [-0.25, -0.2) is 9.78 Å². The van der Waals surface area contributed by atoms with Crippen molar-refractivity contribution in [3.05, 3.63) is 57.9 Å². The molecule has 0 atom stereocenters. The number of methoxy groups -OCH3 is 1. The van der Waals surface area contributed by atoms with Gasteiger partial charge in [0.2, 0.25) is 0 Å². The fraction of sp³-hybridized carbons (Fsp3) is 0.300. The number of aromatic nitrogens is 1. The van der Waals surface area contributed by atoms with Gasteiger partial charge in [0.25, 0.3) is 11.8 Å². The van der Waals surface area contributed by atoms with Crippen LogP contribution in [0.2, 0.25) is 5.02 Å². The van der Waals surface area contributed by atoms with Crippen LogP contribution >= 0.6 is 11.6 Å². The second kappa shape index (κ2) is 8.39. The molecule has 146 valence electrons. The maximum Gasteiger partial charge on any atom is 0.341 e. The topological polar surface area (TPSA) is 97.4 Å². The highest BCUT2D eigenvalue weighted by atomic mass is 35.5. The summed E-state index contributed by atoms with van der Waals surface area (Å²) in [6, 6.07) is 7.83. The van der Waals surface area contributed by atoms with Crippen LogP contribution < -0.4 is 10.6 Å². The third kappa shape index (κ3) is 4.48. The Morgan fingerprint density at radius 1 is 1.18 bits per heavy atom. The molecule has 0 bridgehead atoms. The third-order valence-corrected chi connectivity index (χ3v) is 4.71. The number of benzene rings is 1. The number of halogens is 1. The number of hydrogen-bond acceptors (Lipinski definition) is 5. The van der Waals surface area contributed by atoms with Crippen LogP contribution in [0.15, 0.2) is 30.3 Å². The minimum absolute atomic E-state index is 0.0415. The Morgan fingerprint density at radius 2 is 1.93 bits per heavy atom. The van der Waals surface area contributed by atoms with Gasteiger partial charge in [0.1, 0.15) is 11.3 Å². The molecule has 2 amide bonds. The number of rotatable bonds is 6. The second-order valence-corrected chi connectivity index (χ2v) is 7.02. The second-order valence-electron chi connectivity index (χ2n) is 6.61. The van der Waals surface area contributed by atoms with Gasteiger partial charge >= 0.3 is 5.97 Å². The van der Waals surface area contributed by atoms with Crippen LogP contribution in [-0.2, 0) is 4.74 Å². The zero-order chi connectivity index (χ0) is 20.3. The quantitative estimate of drug-likeness (QED) is 0.724. The van der Waals surface area contributed by atoms with E-state index in [1.165, 1.54) is 25.3 Å². The lowest BCUT2D eigenvalue weighted by Gasteiger charge is -2.13. The first-order chi connectivity index (χ1) is 13.4. The van der Waals surface area contributed by atoms with Crippen LogP contribution in [0.3, 0.4) is 0 Å². The molecule has 28 heavy (non-hydrogen) atoms. The largest absolute Gasteiger partial charge is 0.465 e. The Balaban J connectivity index is 1.88. The van der Waals surface area contributed by atoms with Crippen molar-refractivity contribution in [3.8, 4) is 0 Å². The molecule has 1 aromatic heterocycles. The molecule has 2 N–H and O–H groups in total. The summed E-state index contributed by atoms with van der Waals surface area (Å²) in [5.41, 5.74) is 0.995. The van der Waals surface area contributed by atoms with Gasteiger partial charge in [0, 0.05) is 12.2 Å². The van der Waals surface area contributed by atoms with Gasteiger partial charge in [-0.05, 0) is 49.9 Å². The van der Waals surface area contributed by atoms with Gasteiger partial charge in [-0.3, -0.25) is 9.59 Å². The maximum absolute atomic E-state index is 12.8. The third-order valence-electron chi connectivity index (χ3n) is 4.39. The fourth-order valence-electron chi connectivity index (χ4n) is 2.68. The lowest BCUT2D eigenvalue weighted by molar-refractivity contribution is 0.0602. The van der Waals surface area contributed by atoms with Crippen molar-refractivity contribution in [1.82, 2.24) is 10.3 Å². The fourth-order valence-corrected chi connectivity index (χ4v) is 2.93. The number of carbonyl (C=O) groups excluding carboxylic acids is 3. The van der Waals surface area contributed by atoms with Crippen molar-refractivity contribution < 1.29 is 19.1 Å². The van der Waals surface area contributed by atoms with E-state index in [-0.39, 0.29) is 27.5 Å². The molecular formula is C20H20ClN3O4. The number of ether oxygens (including phenoxy) is 1. The van der Waals surface area contributed by atoms with E-state index >= 15 is 0 Å². The van der Waals surface area contributed by atoms with Crippen LogP contribution in [0.4, 0.5) is 5.69 Å². The zero-order valence-corrected chi connectivity index (χ0v) is 16.3. The van der Waals surface area contributed by atoms with Crippen molar-refractivity contribution in [3.63, 3.8) is 0 Å². The molecule has 1 heterocycles. The Labute approximate surface area is 167 Å². The molecule has 0 spiro atoms. The Bertz CT molecular complexity index is 941. The van der Waals surface area contributed by atoms with Gasteiger partial charge < -0.3 is 15.4 Å². The summed E-state index contributed by atoms with van der Waals surface area (Å²) in [5.74, 6) is -1.15. The molecule has 0 saturated heterocycles. The average Bonchev–Trinajstić information content (AvgIpc) is 3.50. The summed E-state index contributed by atoms with van der Waals surface area (Å²) in [6.07, 6.45) is 2.19. The zero-order valence-electron chi connectivity index (χ0n) is 15.5. The van der Waals surface area contributed by atoms with Gasteiger partial charge in [0.05, 0.1) is 23.4 Å². The number of pyridine rings is 1. The highest BCUT2D eigenvalue weighted by molar-refractivity contribution is 6.34. The molecule has 3 rings (SSSR count). The summed E-state index contributed by atoms with van der Waals surface area (Å²) in [6.45, 7) is 2.31. The first-order valence-corrected chi connectivity index (χ1v) is 9.22. The molecule has 1 saturated carbocycles. The molecule has 0 unspecified atom stereocenters. The molecule has 1 aliphatic carbocycles. The van der Waals surface area contributed by atoms with Crippen molar-refractivity contribution in [1.29, 1.82) is 0 Å². The van der Waals surface area contributed by atoms with Crippen molar-refractivity contribution >= 4 is 35.1 Å². The lowest BCUT2D eigenvalue weighted by atomic mass is 10.1. The molecule has 2 aromatic rings. The van der Waals surface area contributed by atoms with Crippen LogP contribution in [0.1, 0.15) is 49.7 Å². The molecular weight excluding hydrogens is 382 g/mol. The molecule has 1 aromatic carbocycles. The Morgan fingerprint density at radius 3 is 2.61 bits per heavy atom. The molecule has 0 radical (unpaired) electrons. The number of hydrogen-bond donors (Lipinski definition) is 2. The molecule has 7 nitrogen and oxygen atoms in total. The maximum atomic E-state index is 12.8. The minimum atomic E-state index is -0.676. The van der Waals surface area contributed by atoms with Crippen molar-refractivity contribution in [2.45, 2.75) is 19.8 Å². The monoisotopic (exact) mass is 401 g/mol. The van der Waals surface area contributed by atoms with Crippen molar-refractivity contribution in [2.24, 2.45) is 5.92 Å². The van der Waals surface area contributed by atoms with E-state index in [0.717, 1.165) is 12.8 Å². The van der Waals surface area contributed by atoms with E-state index in [4.69, 9.17) is 16.3 Å². The minimum Gasteiger partial charge on any atom is -0.465 e. The predicted molar refractivity (Wildman–Crippen MR) is 105 cm³/mol. The molecule has 8 heteroatoms. The normalized spacial score (nSPS) is 13.0. The van der Waals surface area contributed by atoms with Crippen LogP contribution in [0, 0.1) is 12.8 Å². The molecule has 0 aliphatic heterocycles. The summed E-state index contributed by atoms with van der Waals surface area (Å²) < 4.78 is 4.73. The van der Waals surface area contributed by atoms with Crippen LogP contribution in [0.5, 0.6) is 0 Å². The van der Waals surface area contributed by atoms with Crippen LogP contribution in [-0.4, -0.2) is 36.4 Å². The predicted octanol–water partition coefficient (Wildman–Crippen LogP) is 3.22. The van der Waals surface area contributed by atoms with E-state index in [9.17, 15) is 14.4 Å². The smallest absolute Gasteiger partial charge is 0.341 e. The summed E-state index contributed by atoms with van der Waals surface area (Å²) in [7, 11) is 1.23. The van der Waals surface area contributed by atoms with E-state index in [1.54, 1.807) is 19.1 Å². The van der Waals surface area contributed by atoms with E-state index in [0.29, 0.717) is 18.2 Å². The summed E-state index contributed by atoms with van der Waals surface area (Å²) in [5, 5.41) is 5.60. The number of amides is 2. The Kier molecular flexibility index (Phi) is 5.94. The van der Waals surface area contributed by atoms with E-state index in [1.807, 2.05) is 0 Å². The number of nitrogens with zero attached hydrogens (tertiary/aromatic N) is 1. The van der Waals surface area contributed by atoms with Gasteiger partial charge in [0.15, 0.2) is 0 Å². The number of anilines is 1. The number of esters is 1. The SMILES string of the molecule is COC(=O)c1c(Cl)cccc1NC(=O)c1ccc(C)nc1C(=O)NCC1CC1. The standard InChI is InChI=1S/C20H20ClN3O4/c1-11-6-9-13(17(23-11)19(26)22-10-12-7-8-12)18(25)24-15-5-3-4-14(21)16(15)20(27)28-2/h3-6,9,12H,7-8,10H2,1-2H3,(H,22,26)(H,24,25). The lowest BCUT2D eigenvalue weighted by Crippen LogP contribution is -2.29. The molecule has 1 aliphatic rings. The van der Waals surface area contributed by atoms with E-state index in [2.05, 4.69) is 15.6 Å². The number of carbonyl (C=O) groups is 3. The first kappa shape index (κ1) is 19.8.